The molecule has 3 rings (SSSR count). The predicted molar refractivity (Wildman–Crippen MR) is 127 cm³/mol. The second-order valence-corrected chi connectivity index (χ2v) is 7.67. The highest BCUT2D eigenvalue weighted by atomic mass is 127. The fraction of sp³-hybridized carbons (Fsp3) is 0.474. The van der Waals surface area contributed by atoms with E-state index in [4.69, 9.17) is 16.3 Å². The number of hydrogen-bond donors (Lipinski definition) is 2. The van der Waals surface area contributed by atoms with Crippen LogP contribution in [0.5, 0.6) is 0 Å². The minimum atomic E-state index is 0. The molecule has 1 atom stereocenters. The molecule has 0 radical (unpaired) electrons. The van der Waals surface area contributed by atoms with Gasteiger partial charge in [0.2, 0.25) is 0 Å². The Bertz CT molecular complexity index is 708. The van der Waals surface area contributed by atoms with E-state index in [0.29, 0.717) is 11.2 Å². The number of aromatic nitrogens is 1. The number of halogens is 2. The topological polar surface area (TPSA) is 61.8 Å². The maximum absolute atomic E-state index is 5.83. The molecule has 154 valence electrons. The van der Waals surface area contributed by atoms with Gasteiger partial charge in [-0.25, -0.2) is 4.98 Å². The third-order valence-electron chi connectivity index (χ3n) is 4.54. The van der Waals surface area contributed by atoms with Crippen molar-refractivity contribution < 1.29 is 4.74 Å². The number of ether oxygens (including phenoxy) is 1. The van der Waals surface area contributed by atoms with E-state index in [1.54, 1.807) is 18.4 Å². The van der Waals surface area contributed by atoms with Crippen LogP contribution in [-0.2, 0) is 11.2 Å². The highest BCUT2D eigenvalue weighted by Crippen LogP contribution is 2.25. The van der Waals surface area contributed by atoms with Gasteiger partial charge >= 0.3 is 0 Å². The van der Waals surface area contributed by atoms with Gasteiger partial charge < -0.3 is 15.4 Å². The molecule has 0 bridgehead atoms. The van der Waals surface area contributed by atoms with Crippen LogP contribution in [0.2, 0.25) is 5.15 Å². The molecule has 1 fully saturated rings. The summed E-state index contributed by atoms with van der Waals surface area (Å²) in [7, 11) is 1.80. The van der Waals surface area contributed by atoms with Crippen molar-refractivity contribution in [1.29, 1.82) is 0 Å². The lowest BCUT2D eigenvalue weighted by Gasteiger charge is -2.34. The smallest absolute Gasteiger partial charge is 0.191 e. The molecule has 1 saturated heterocycles. The molecule has 0 aliphatic carbocycles. The molecule has 0 spiro atoms. The van der Waals surface area contributed by atoms with Crippen molar-refractivity contribution in [3.8, 4) is 0 Å². The Balaban J connectivity index is 0.00000280. The molecule has 9 heteroatoms. The number of aliphatic imine (C=N–C) groups is 1. The average molecular weight is 536 g/mol. The van der Waals surface area contributed by atoms with Gasteiger partial charge in [0.25, 0.3) is 0 Å². The number of nitrogens with one attached hydrogen (secondary N) is 2. The second kappa shape index (κ2) is 12.6. The molecular formula is C19H27ClIN5OS. The summed E-state index contributed by atoms with van der Waals surface area (Å²) in [6, 6.07) is 8.46. The highest BCUT2D eigenvalue weighted by molar-refractivity contribution is 14.0. The van der Waals surface area contributed by atoms with Gasteiger partial charge in [-0.3, -0.25) is 9.89 Å². The van der Waals surface area contributed by atoms with Crippen molar-refractivity contribution in [3.63, 3.8) is 0 Å². The molecule has 1 aliphatic heterocycles. The lowest BCUT2D eigenvalue weighted by Crippen LogP contribution is -2.46. The van der Waals surface area contributed by atoms with Crippen molar-refractivity contribution in [2.45, 2.75) is 12.5 Å². The monoisotopic (exact) mass is 535 g/mol. The summed E-state index contributed by atoms with van der Waals surface area (Å²) in [6.45, 7) is 5.10. The van der Waals surface area contributed by atoms with Crippen molar-refractivity contribution in [3.05, 3.63) is 51.4 Å². The zero-order valence-electron chi connectivity index (χ0n) is 15.9. The van der Waals surface area contributed by atoms with Crippen LogP contribution >= 0.6 is 46.9 Å². The summed E-state index contributed by atoms with van der Waals surface area (Å²) in [4.78, 5) is 12.3. The molecule has 2 aromatic heterocycles. The van der Waals surface area contributed by atoms with Gasteiger partial charge in [-0.1, -0.05) is 23.7 Å². The van der Waals surface area contributed by atoms with Crippen LogP contribution < -0.4 is 10.6 Å². The first kappa shape index (κ1) is 23.3. The van der Waals surface area contributed by atoms with Gasteiger partial charge in [-0.05, 0) is 29.5 Å². The van der Waals surface area contributed by atoms with E-state index in [1.807, 2.05) is 18.3 Å². The van der Waals surface area contributed by atoms with E-state index >= 15 is 0 Å². The molecule has 0 amide bonds. The zero-order chi connectivity index (χ0) is 18.9. The lowest BCUT2D eigenvalue weighted by atomic mass is 10.2. The molecule has 6 nitrogen and oxygen atoms in total. The number of hydrogen-bond acceptors (Lipinski definition) is 5. The first-order valence-electron chi connectivity index (χ1n) is 9.16. The Kier molecular flexibility index (Phi) is 10.5. The minimum absolute atomic E-state index is 0. The van der Waals surface area contributed by atoms with Crippen molar-refractivity contribution in [2.75, 3.05) is 46.4 Å². The van der Waals surface area contributed by atoms with Crippen molar-refractivity contribution in [1.82, 2.24) is 20.5 Å². The van der Waals surface area contributed by atoms with Crippen LogP contribution in [0, 0.1) is 0 Å². The van der Waals surface area contributed by atoms with E-state index in [9.17, 15) is 0 Å². The standard InChI is InChI=1S/C19H26ClN5OS.HI/c1-21-19(22-7-6-15-4-5-18(20)23-13-15)24-14-16(17-3-2-12-27-17)25-8-10-26-11-9-25;/h2-5,12-13,16H,6-11,14H2,1H3,(H2,21,22,24);1H. The zero-order valence-corrected chi connectivity index (χ0v) is 19.8. The number of morpholine rings is 1. The number of thiophene rings is 1. The summed E-state index contributed by atoms with van der Waals surface area (Å²) in [5, 5.41) is 9.51. The van der Waals surface area contributed by atoms with Crippen LogP contribution in [0.1, 0.15) is 16.5 Å². The Morgan fingerprint density at radius 2 is 2.14 bits per heavy atom. The van der Waals surface area contributed by atoms with Crippen LogP contribution in [0.25, 0.3) is 0 Å². The van der Waals surface area contributed by atoms with Crippen molar-refractivity contribution >= 4 is 52.9 Å². The van der Waals surface area contributed by atoms with Crippen LogP contribution in [-0.4, -0.2) is 62.3 Å². The van der Waals surface area contributed by atoms with E-state index < -0.39 is 0 Å². The van der Waals surface area contributed by atoms with Gasteiger partial charge in [0, 0.05) is 44.3 Å². The predicted octanol–water partition coefficient (Wildman–Crippen LogP) is 3.20. The molecular weight excluding hydrogens is 509 g/mol. The molecule has 1 unspecified atom stereocenters. The normalized spacial score (nSPS) is 16.3. The number of nitrogens with zero attached hydrogens (tertiary/aromatic N) is 3. The molecule has 2 aromatic rings. The first-order valence-corrected chi connectivity index (χ1v) is 10.4. The highest BCUT2D eigenvalue weighted by Gasteiger charge is 2.23. The van der Waals surface area contributed by atoms with Crippen LogP contribution in [0.3, 0.4) is 0 Å². The Morgan fingerprint density at radius 3 is 2.79 bits per heavy atom. The van der Waals surface area contributed by atoms with Gasteiger partial charge in [0.1, 0.15) is 5.15 Å². The van der Waals surface area contributed by atoms with Gasteiger partial charge in [-0.15, -0.1) is 35.3 Å². The quantitative estimate of drug-likeness (QED) is 0.247. The summed E-state index contributed by atoms with van der Waals surface area (Å²) in [5.74, 6) is 0.812. The van der Waals surface area contributed by atoms with E-state index in [2.05, 4.69) is 43.0 Å². The average Bonchev–Trinajstić information content (AvgIpc) is 3.23. The summed E-state index contributed by atoms with van der Waals surface area (Å²) in [5.41, 5.74) is 1.15. The number of pyridine rings is 1. The Hall–Kier alpha value is -0.940. The number of guanidine groups is 1. The van der Waals surface area contributed by atoms with Gasteiger partial charge in [-0.2, -0.15) is 0 Å². The fourth-order valence-corrected chi connectivity index (χ4v) is 4.05. The third-order valence-corrected chi connectivity index (χ3v) is 5.74. The lowest BCUT2D eigenvalue weighted by molar-refractivity contribution is 0.0177. The Morgan fingerprint density at radius 1 is 1.32 bits per heavy atom. The molecule has 0 saturated carbocycles. The summed E-state index contributed by atoms with van der Waals surface area (Å²) >= 11 is 7.63. The minimum Gasteiger partial charge on any atom is -0.379 e. The first-order chi connectivity index (χ1) is 13.3. The maximum Gasteiger partial charge on any atom is 0.191 e. The summed E-state index contributed by atoms with van der Waals surface area (Å²) in [6.07, 6.45) is 2.67. The van der Waals surface area contributed by atoms with E-state index in [-0.39, 0.29) is 24.0 Å². The molecule has 1 aliphatic rings. The van der Waals surface area contributed by atoms with Gasteiger partial charge in [0.05, 0.1) is 19.3 Å². The fourth-order valence-electron chi connectivity index (χ4n) is 3.07. The van der Waals surface area contributed by atoms with Crippen LogP contribution in [0.4, 0.5) is 0 Å². The van der Waals surface area contributed by atoms with Crippen molar-refractivity contribution in [2.24, 2.45) is 4.99 Å². The van der Waals surface area contributed by atoms with Crippen LogP contribution in [0.15, 0.2) is 40.8 Å². The Labute approximate surface area is 192 Å². The maximum atomic E-state index is 5.83. The molecule has 2 N–H and O–H groups in total. The largest absolute Gasteiger partial charge is 0.379 e. The third kappa shape index (κ3) is 7.14. The number of rotatable bonds is 7. The van der Waals surface area contributed by atoms with E-state index in [1.165, 1.54) is 4.88 Å². The second-order valence-electron chi connectivity index (χ2n) is 6.30. The SMILES string of the molecule is CN=C(NCCc1ccc(Cl)nc1)NCC(c1cccs1)N1CCOCC1.I. The summed E-state index contributed by atoms with van der Waals surface area (Å²) < 4.78 is 5.51. The van der Waals surface area contributed by atoms with E-state index in [0.717, 1.165) is 57.3 Å². The molecule has 28 heavy (non-hydrogen) atoms. The molecule has 3 heterocycles. The van der Waals surface area contributed by atoms with Gasteiger partial charge in [0.15, 0.2) is 5.96 Å². The molecule has 0 aromatic carbocycles.